The van der Waals surface area contributed by atoms with Crippen LogP contribution in [0.2, 0.25) is 0 Å². The molecule has 2 aliphatic rings. The van der Waals surface area contributed by atoms with Gasteiger partial charge in [-0.1, -0.05) is 13.8 Å². The Bertz CT molecular complexity index is 167. The summed E-state index contributed by atoms with van der Waals surface area (Å²) in [4.78, 5) is 0. The van der Waals surface area contributed by atoms with Gasteiger partial charge < -0.3 is 10.1 Å². The molecule has 1 aliphatic heterocycles. The summed E-state index contributed by atoms with van der Waals surface area (Å²) >= 11 is 0. The standard InChI is InChI=1S/C12H23NO/c1-9-5-6-10(2)12(9)13-8-11-4-3-7-14-11/h9-13H,3-8H2,1-2H3. The van der Waals surface area contributed by atoms with Crippen molar-refractivity contribution < 1.29 is 4.74 Å². The molecule has 2 heteroatoms. The number of ether oxygens (including phenoxy) is 1. The lowest BCUT2D eigenvalue weighted by atomic mass is 10.0. The van der Waals surface area contributed by atoms with Crippen LogP contribution in [0.4, 0.5) is 0 Å². The zero-order valence-electron chi connectivity index (χ0n) is 9.46. The summed E-state index contributed by atoms with van der Waals surface area (Å²) in [6.07, 6.45) is 5.79. The van der Waals surface area contributed by atoms with Crippen molar-refractivity contribution in [3.8, 4) is 0 Å². The Morgan fingerprint density at radius 2 is 1.86 bits per heavy atom. The molecule has 3 atom stereocenters. The average molecular weight is 197 g/mol. The number of nitrogens with one attached hydrogen (secondary N) is 1. The van der Waals surface area contributed by atoms with Crippen LogP contribution in [0.1, 0.15) is 39.5 Å². The number of hydrogen-bond acceptors (Lipinski definition) is 2. The second kappa shape index (κ2) is 4.63. The fourth-order valence-corrected chi connectivity index (χ4v) is 2.92. The van der Waals surface area contributed by atoms with E-state index in [1.165, 1.54) is 25.7 Å². The van der Waals surface area contributed by atoms with Crippen LogP contribution < -0.4 is 5.32 Å². The Hall–Kier alpha value is -0.0800. The first kappa shape index (κ1) is 10.4. The first-order valence-electron chi connectivity index (χ1n) is 6.12. The molecule has 2 rings (SSSR count). The largest absolute Gasteiger partial charge is 0.377 e. The van der Waals surface area contributed by atoms with Crippen molar-refractivity contribution in [1.29, 1.82) is 0 Å². The van der Waals surface area contributed by atoms with Crippen LogP contribution in [0, 0.1) is 11.8 Å². The SMILES string of the molecule is CC1CCC(C)C1NCC1CCCO1. The van der Waals surface area contributed by atoms with Gasteiger partial charge in [0, 0.05) is 19.2 Å². The van der Waals surface area contributed by atoms with E-state index in [9.17, 15) is 0 Å². The van der Waals surface area contributed by atoms with Crippen molar-refractivity contribution in [1.82, 2.24) is 5.32 Å². The lowest BCUT2D eigenvalue weighted by molar-refractivity contribution is 0.104. The molecule has 2 fully saturated rings. The van der Waals surface area contributed by atoms with E-state index in [-0.39, 0.29) is 0 Å². The van der Waals surface area contributed by atoms with Crippen molar-refractivity contribution in [2.45, 2.75) is 51.7 Å². The smallest absolute Gasteiger partial charge is 0.0700 e. The molecule has 0 radical (unpaired) electrons. The Balaban J connectivity index is 1.73. The van der Waals surface area contributed by atoms with Crippen molar-refractivity contribution in [2.75, 3.05) is 13.2 Å². The summed E-state index contributed by atoms with van der Waals surface area (Å²) in [5.41, 5.74) is 0. The highest BCUT2D eigenvalue weighted by atomic mass is 16.5. The molecular formula is C12H23NO. The number of hydrogen-bond donors (Lipinski definition) is 1. The third-order valence-corrected chi connectivity index (χ3v) is 3.91. The minimum Gasteiger partial charge on any atom is -0.377 e. The van der Waals surface area contributed by atoms with Gasteiger partial charge in [0.25, 0.3) is 0 Å². The predicted octanol–water partition coefficient (Wildman–Crippen LogP) is 2.19. The maximum atomic E-state index is 5.62. The molecule has 1 saturated carbocycles. The highest BCUT2D eigenvalue weighted by Gasteiger charge is 2.30. The van der Waals surface area contributed by atoms with Gasteiger partial charge in [-0.3, -0.25) is 0 Å². The van der Waals surface area contributed by atoms with E-state index >= 15 is 0 Å². The van der Waals surface area contributed by atoms with Crippen LogP contribution in [-0.2, 0) is 4.74 Å². The first-order valence-corrected chi connectivity index (χ1v) is 6.12. The third kappa shape index (κ3) is 2.29. The normalized spacial score (nSPS) is 43.3. The van der Waals surface area contributed by atoms with E-state index in [1.54, 1.807) is 0 Å². The van der Waals surface area contributed by atoms with E-state index in [2.05, 4.69) is 19.2 Å². The molecule has 2 nitrogen and oxygen atoms in total. The Labute approximate surface area is 87.4 Å². The fourth-order valence-electron chi connectivity index (χ4n) is 2.92. The van der Waals surface area contributed by atoms with Gasteiger partial charge in [0.15, 0.2) is 0 Å². The molecule has 0 spiro atoms. The average Bonchev–Trinajstić information content (AvgIpc) is 2.76. The summed E-state index contributed by atoms with van der Waals surface area (Å²) in [5, 5.41) is 3.70. The summed E-state index contributed by atoms with van der Waals surface area (Å²) in [6, 6.07) is 0.735. The van der Waals surface area contributed by atoms with Gasteiger partial charge in [-0.25, -0.2) is 0 Å². The van der Waals surface area contributed by atoms with E-state index in [0.717, 1.165) is 31.0 Å². The minimum absolute atomic E-state index is 0.495. The molecule has 0 amide bonds. The molecule has 1 saturated heterocycles. The van der Waals surface area contributed by atoms with Gasteiger partial charge in [0.1, 0.15) is 0 Å². The van der Waals surface area contributed by atoms with Crippen molar-refractivity contribution in [3.63, 3.8) is 0 Å². The molecule has 1 heterocycles. The summed E-state index contributed by atoms with van der Waals surface area (Å²) in [7, 11) is 0. The highest BCUT2D eigenvalue weighted by molar-refractivity contribution is 4.86. The molecule has 0 bridgehead atoms. The first-order chi connectivity index (χ1) is 6.77. The lowest BCUT2D eigenvalue weighted by Gasteiger charge is -2.23. The van der Waals surface area contributed by atoms with Crippen molar-refractivity contribution in [2.24, 2.45) is 11.8 Å². The predicted molar refractivity (Wildman–Crippen MR) is 58.3 cm³/mol. The Kier molecular flexibility index (Phi) is 3.45. The molecule has 0 aromatic rings. The molecule has 0 aromatic heterocycles. The molecule has 0 aromatic carbocycles. The van der Waals surface area contributed by atoms with Crippen LogP contribution in [-0.4, -0.2) is 25.3 Å². The van der Waals surface area contributed by atoms with Crippen molar-refractivity contribution in [3.05, 3.63) is 0 Å². The van der Waals surface area contributed by atoms with Crippen LogP contribution in [0.25, 0.3) is 0 Å². The fraction of sp³-hybridized carbons (Fsp3) is 1.00. The topological polar surface area (TPSA) is 21.3 Å². The summed E-state index contributed by atoms with van der Waals surface area (Å²) in [5.74, 6) is 1.71. The van der Waals surface area contributed by atoms with Gasteiger partial charge >= 0.3 is 0 Å². The quantitative estimate of drug-likeness (QED) is 0.749. The van der Waals surface area contributed by atoms with Gasteiger partial charge in [-0.2, -0.15) is 0 Å². The minimum atomic E-state index is 0.495. The van der Waals surface area contributed by atoms with Crippen LogP contribution >= 0.6 is 0 Å². The second-order valence-electron chi connectivity index (χ2n) is 5.10. The van der Waals surface area contributed by atoms with E-state index < -0.39 is 0 Å². The van der Waals surface area contributed by atoms with Gasteiger partial charge in [-0.15, -0.1) is 0 Å². The zero-order chi connectivity index (χ0) is 9.97. The van der Waals surface area contributed by atoms with Crippen LogP contribution in [0.5, 0.6) is 0 Å². The highest BCUT2D eigenvalue weighted by Crippen LogP contribution is 2.30. The lowest BCUT2D eigenvalue weighted by Crippen LogP contribution is -2.40. The van der Waals surface area contributed by atoms with Gasteiger partial charge in [-0.05, 0) is 37.5 Å². The number of rotatable bonds is 3. The van der Waals surface area contributed by atoms with Crippen LogP contribution in [0.3, 0.4) is 0 Å². The summed E-state index contributed by atoms with van der Waals surface area (Å²) < 4.78 is 5.62. The molecule has 1 aliphatic carbocycles. The zero-order valence-corrected chi connectivity index (χ0v) is 9.46. The molecule has 1 N–H and O–H groups in total. The van der Waals surface area contributed by atoms with E-state index in [0.29, 0.717) is 6.10 Å². The van der Waals surface area contributed by atoms with E-state index in [4.69, 9.17) is 4.74 Å². The van der Waals surface area contributed by atoms with Crippen LogP contribution in [0.15, 0.2) is 0 Å². The summed E-state index contributed by atoms with van der Waals surface area (Å²) in [6.45, 7) is 6.79. The Morgan fingerprint density at radius 3 is 2.43 bits per heavy atom. The van der Waals surface area contributed by atoms with Gasteiger partial charge in [0.05, 0.1) is 6.10 Å². The third-order valence-electron chi connectivity index (χ3n) is 3.91. The molecule has 14 heavy (non-hydrogen) atoms. The maximum absolute atomic E-state index is 5.62. The molecular weight excluding hydrogens is 174 g/mol. The molecule has 82 valence electrons. The maximum Gasteiger partial charge on any atom is 0.0700 e. The van der Waals surface area contributed by atoms with E-state index in [1.807, 2.05) is 0 Å². The Morgan fingerprint density at radius 1 is 1.14 bits per heavy atom. The second-order valence-corrected chi connectivity index (χ2v) is 5.10. The monoisotopic (exact) mass is 197 g/mol. The van der Waals surface area contributed by atoms with Gasteiger partial charge in [0.2, 0.25) is 0 Å². The van der Waals surface area contributed by atoms with Crippen molar-refractivity contribution >= 4 is 0 Å². The molecule has 3 unspecified atom stereocenters.